The maximum Gasteiger partial charge on any atom is 0.293 e. The molecule has 0 radical (unpaired) electrons. The van der Waals surface area contributed by atoms with E-state index in [1.807, 2.05) is 41.8 Å². The number of furan rings is 1. The predicted octanol–water partition coefficient (Wildman–Crippen LogP) is 5.43. The summed E-state index contributed by atoms with van der Waals surface area (Å²) in [4.78, 5) is 21.7. The van der Waals surface area contributed by atoms with E-state index in [0.29, 0.717) is 16.5 Å². The van der Waals surface area contributed by atoms with Crippen LogP contribution in [0.5, 0.6) is 5.75 Å². The van der Waals surface area contributed by atoms with Gasteiger partial charge in [-0.05, 0) is 24.3 Å². The Morgan fingerprint density at radius 2 is 2.04 bits per heavy atom. The number of aromatic nitrogens is 2. The zero-order valence-electron chi connectivity index (χ0n) is 14.6. The topological polar surface area (TPSA) is 77.2 Å². The lowest BCUT2D eigenvalue weighted by Crippen LogP contribution is -2.10. The Morgan fingerprint density at radius 3 is 2.89 bits per heavy atom. The highest BCUT2D eigenvalue weighted by Gasteiger charge is 2.17. The Bertz CT molecular complexity index is 1290. The molecule has 0 aliphatic heterocycles. The summed E-state index contributed by atoms with van der Waals surface area (Å²) in [6, 6.07) is 15.1. The van der Waals surface area contributed by atoms with Crippen LogP contribution in [0, 0.1) is 0 Å². The molecule has 5 rings (SSSR count). The van der Waals surface area contributed by atoms with Gasteiger partial charge in [0.15, 0.2) is 22.2 Å². The first-order chi connectivity index (χ1) is 13.7. The molecule has 0 aliphatic rings. The van der Waals surface area contributed by atoms with E-state index in [4.69, 9.17) is 9.15 Å². The number of carbonyl (C=O) groups is 1. The SMILES string of the molecule is COc1cccc2cc(C(=O)Nc3nc(-c4nc5ccccc5s4)cs3)oc12. The molecule has 0 bridgehead atoms. The van der Waals surface area contributed by atoms with Gasteiger partial charge >= 0.3 is 0 Å². The second-order valence-electron chi connectivity index (χ2n) is 5.97. The van der Waals surface area contributed by atoms with Crippen LogP contribution in [0.15, 0.2) is 58.3 Å². The minimum absolute atomic E-state index is 0.205. The van der Waals surface area contributed by atoms with Crippen LogP contribution in [0.1, 0.15) is 10.6 Å². The number of ether oxygens (including phenoxy) is 1. The maximum absolute atomic E-state index is 12.6. The van der Waals surface area contributed by atoms with Crippen molar-refractivity contribution in [2.24, 2.45) is 0 Å². The van der Waals surface area contributed by atoms with E-state index in [-0.39, 0.29) is 11.7 Å². The molecule has 0 unspecified atom stereocenters. The summed E-state index contributed by atoms with van der Waals surface area (Å²) in [5.41, 5.74) is 2.23. The van der Waals surface area contributed by atoms with Crippen LogP contribution in [-0.4, -0.2) is 23.0 Å². The molecule has 0 spiro atoms. The van der Waals surface area contributed by atoms with Gasteiger partial charge in [0.25, 0.3) is 5.91 Å². The Morgan fingerprint density at radius 1 is 1.14 bits per heavy atom. The molecule has 138 valence electrons. The van der Waals surface area contributed by atoms with Crippen molar-refractivity contribution in [3.05, 3.63) is 59.7 Å². The largest absolute Gasteiger partial charge is 0.493 e. The van der Waals surface area contributed by atoms with Gasteiger partial charge in [0, 0.05) is 10.8 Å². The van der Waals surface area contributed by atoms with Crippen LogP contribution in [0.4, 0.5) is 5.13 Å². The number of carbonyl (C=O) groups excluding carboxylic acids is 1. The first-order valence-electron chi connectivity index (χ1n) is 8.40. The number of amides is 1. The molecule has 28 heavy (non-hydrogen) atoms. The average molecular weight is 407 g/mol. The molecule has 1 N–H and O–H groups in total. The summed E-state index contributed by atoms with van der Waals surface area (Å²) in [5.74, 6) is 0.434. The maximum atomic E-state index is 12.6. The van der Waals surface area contributed by atoms with Crippen LogP contribution >= 0.6 is 22.7 Å². The number of anilines is 1. The van der Waals surface area contributed by atoms with Crippen LogP contribution < -0.4 is 10.1 Å². The van der Waals surface area contributed by atoms with Gasteiger partial charge in [-0.1, -0.05) is 24.3 Å². The molecule has 3 aromatic heterocycles. The molecule has 0 aliphatic carbocycles. The molecule has 5 aromatic rings. The Kier molecular flexibility index (Phi) is 4.07. The number of para-hydroxylation sites is 2. The number of nitrogens with one attached hydrogen (secondary N) is 1. The van der Waals surface area contributed by atoms with Crippen molar-refractivity contribution in [1.82, 2.24) is 9.97 Å². The van der Waals surface area contributed by atoms with Gasteiger partial charge < -0.3 is 9.15 Å². The molecule has 0 saturated heterocycles. The van der Waals surface area contributed by atoms with Crippen molar-refractivity contribution in [2.45, 2.75) is 0 Å². The summed E-state index contributed by atoms with van der Waals surface area (Å²) in [6.45, 7) is 0. The summed E-state index contributed by atoms with van der Waals surface area (Å²) in [5, 5.41) is 6.80. The van der Waals surface area contributed by atoms with Crippen molar-refractivity contribution in [2.75, 3.05) is 12.4 Å². The molecular weight excluding hydrogens is 394 g/mol. The van der Waals surface area contributed by atoms with Gasteiger partial charge in [-0.25, -0.2) is 9.97 Å². The highest BCUT2D eigenvalue weighted by Crippen LogP contribution is 2.33. The first-order valence-corrected chi connectivity index (χ1v) is 10.1. The zero-order chi connectivity index (χ0) is 19.1. The highest BCUT2D eigenvalue weighted by molar-refractivity contribution is 7.22. The molecule has 1 amide bonds. The van der Waals surface area contributed by atoms with Crippen LogP contribution in [0.25, 0.3) is 31.9 Å². The van der Waals surface area contributed by atoms with Gasteiger partial charge in [-0.3, -0.25) is 10.1 Å². The van der Waals surface area contributed by atoms with E-state index in [1.165, 1.54) is 11.3 Å². The lowest BCUT2D eigenvalue weighted by atomic mass is 10.2. The third-order valence-corrected chi connectivity index (χ3v) is 6.01. The number of fused-ring (bicyclic) bond motifs is 2. The third-order valence-electron chi connectivity index (χ3n) is 4.19. The molecule has 0 fully saturated rings. The van der Waals surface area contributed by atoms with E-state index in [2.05, 4.69) is 15.3 Å². The van der Waals surface area contributed by atoms with Crippen LogP contribution in [0.3, 0.4) is 0 Å². The minimum atomic E-state index is -0.358. The van der Waals surface area contributed by atoms with Crippen molar-refractivity contribution >= 4 is 54.9 Å². The predicted molar refractivity (Wildman–Crippen MR) is 111 cm³/mol. The van der Waals surface area contributed by atoms with E-state index in [9.17, 15) is 4.79 Å². The van der Waals surface area contributed by atoms with Crippen LogP contribution in [0.2, 0.25) is 0 Å². The number of nitrogens with zero attached hydrogens (tertiary/aromatic N) is 2. The van der Waals surface area contributed by atoms with Crippen molar-refractivity contribution < 1.29 is 13.9 Å². The Balaban J connectivity index is 1.40. The number of hydrogen-bond donors (Lipinski definition) is 1. The van der Waals surface area contributed by atoms with E-state index in [0.717, 1.165) is 26.3 Å². The smallest absolute Gasteiger partial charge is 0.293 e. The van der Waals surface area contributed by atoms with Gasteiger partial charge in [0.2, 0.25) is 0 Å². The second kappa shape index (κ2) is 6.74. The van der Waals surface area contributed by atoms with E-state index in [1.54, 1.807) is 30.6 Å². The molecule has 8 heteroatoms. The number of rotatable bonds is 4. The highest BCUT2D eigenvalue weighted by atomic mass is 32.1. The second-order valence-corrected chi connectivity index (χ2v) is 7.86. The minimum Gasteiger partial charge on any atom is -0.493 e. The molecule has 3 heterocycles. The fourth-order valence-electron chi connectivity index (χ4n) is 2.88. The van der Waals surface area contributed by atoms with E-state index < -0.39 is 0 Å². The van der Waals surface area contributed by atoms with Crippen molar-refractivity contribution in [3.63, 3.8) is 0 Å². The summed E-state index contributed by atoms with van der Waals surface area (Å²) >= 11 is 2.92. The van der Waals surface area contributed by atoms with Crippen molar-refractivity contribution in [1.29, 1.82) is 0 Å². The lowest BCUT2D eigenvalue weighted by Gasteiger charge is -1.99. The first kappa shape index (κ1) is 16.9. The molecular formula is C20H13N3O3S2. The van der Waals surface area contributed by atoms with Gasteiger partial charge in [0.05, 0.1) is 17.3 Å². The fourth-order valence-corrected chi connectivity index (χ4v) is 4.57. The number of hydrogen-bond acceptors (Lipinski definition) is 7. The summed E-state index contributed by atoms with van der Waals surface area (Å²) in [6.07, 6.45) is 0. The van der Waals surface area contributed by atoms with Crippen molar-refractivity contribution in [3.8, 4) is 16.5 Å². The summed E-state index contributed by atoms with van der Waals surface area (Å²) < 4.78 is 12.1. The Hall–Kier alpha value is -3.23. The van der Waals surface area contributed by atoms with Crippen LogP contribution in [-0.2, 0) is 0 Å². The monoisotopic (exact) mass is 407 g/mol. The van der Waals surface area contributed by atoms with Gasteiger partial charge in [-0.15, -0.1) is 22.7 Å². The summed E-state index contributed by atoms with van der Waals surface area (Å²) in [7, 11) is 1.57. The molecule has 2 aromatic carbocycles. The van der Waals surface area contributed by atoms with Gasteiger partial charge in [-0.2, -0.15) is 0 Å². The normalized spacial score (nSPS) is 11.2. The number of benzene rings is 2. The standard InChI is InChI=1S/C20H13N3O3S2/c1-25-14-7-4-5-11-9-15(26-17(11)14)18(24)23-20-22-13(10-27-20)19-21-12-6-2-3-8-16(12)28-19/h2-10H,1H3,(H,22,23,24). The number of methoxy groups -OCH3 is 1. The molecule has 6 nitrogen and oxygen atoms in total. The average Bonchev–Trinajstić information content (AvgIpc) is 3.44. The van der Waals surface area contributed by atoms with Gasteiger partial charge in [0.1, 0.15) is 10.7 Å². The quantitative estimate of drug-likeness (QED) is 0.430. The third kappa shape index (κ3) is 2.92. The Labute approximate surface area is 167 Å². The number of thiazole rings is 2. The lowest BCUT2D eigenvalue weighted by molar-refractivity contribution is 0.0998. The molecule has 0 atom stereocenters. The van der Waals surface area contributed by atoms with E-state index >= 15 is 0 Å². The fraction of sp³-hybridized carbons (Fsp3) is 0.0500. The molecule has 0 saturated carbocycles. The zero-order valence-corrected chi connectivity index (χ0v) is 16.3.